The molecule has 0 saturated heterocycles. The number of amides is 1. The van der Waals surface area contributed by atoms with Crippen LogP contribution in [0.3, 0.4) is 0 Å². The van der Waals surface area contributed by atoms with Gasteiger partial charge in [-0.05, 0) is 31.2 Å². The second-order valence-electron chi connectivity index (χ2n) is 3.72. The summed E-state index contributed by atoms with van der Waals surface area (Å²) in [6.07, 6.45) is 3.25. The van der Waals surface area contributed by atoms with Crippen LogP contribution in [0.4, 0.5) is 5.69 Å². The molecular weight excluding hydrogens is 285 g/mol. The molecule has 0 bridgehead atoms. The van der Waals surface area contributed by atoms with Crippen molar-refractivity contribution in [2.45, 2.75) is 6.92 Å². The van der Waals surface area contributed by atoms with Crippen molar-refractivity contribution in [2.75, 3.05) is 11.4 Å². The Morgan fingerprint density at radius 3 is 2.53 bits per heavy atom. The fourth-order valence-electron chi connectivity index (χ4n) is 1.66. The number of nitrogens with zero attached hydrogens (tertiary/aromatic N) is 3. The van der Waals surface area contributed by atoms with E-state index in [1.165, 1.54) is 0 Å². The van der Waals surface area contributed by atoms with Crippen molar-refractivity contribution in [1.82, 2.24) is 9.97 Å². The van der Waals surface area contributed by atoms with E-state index in [-0.39, 0.29) is 21.8 Å². The highest BCUT2D eigenvalue weighted by Gasteiger charge is 2.20. The van der Waals surface area contributed by atoms with E-state index in [0.29, 0.717) is 6.54 Å². The molecule has 0 spiro atoms. The Bertz CT molecular complexity index is 590. The van der Waals surface area contributed by atoms with Crippen LogP contribution in [-0.2, 0) is 0 Å². The summed E-state index contributed by atoms with van der Waals surface area (Å²) in [7, 11) is 0. The van der Waals surface area contributed by atoms with Crippen LogP contribution in [-0.4, -0.2) is 22.4 Å². The van der Waals surface area contributed by atoms with Gasteiger partial charge in [0.2, 0.25) is 0 Å². The first kappa shape index (κ1) is 13.8. The summed E-state index contributed by atoms with van der Waals surface area (Å²) in [6, 6.07) is 6.60. The first-order valence-corrected chi connectivity index (χ1v) is 6.43. The minimum absolute atomic E-state index is 0.146. The number of hydrogen-bond acceptors (Lipinski definition) is 3. The van der Waals surface area contributed by atoms with Gasteiger partial charge in [0.1, 0.15) is 10.8 Å². The Morgan fingerprint density at radius 1 is 1.21 bits per heavy atom. The number of carbonyl (C=O) groups excluding carboxylic acids is 1. The lowest BCUT2D eigenvalue weighted by Crippen LogP contribution is -2.31. The summed E-state index contributed by atoms with van der Waals surface area (Å²) in [6.45, 7) is 2.37. The zero-order valence-electron chi connectivity index (χ0n) is 10.2. The van der Waals surface area contributed by atoms with Crippen LogP contribution in [0.1, 0.15) is 17.4 Å². The number of rotatable bonds is 3. The second-order valence-corrected chi connectivity index (χ2v) is 4.51. The average molecular weight is 296 g/mol. The lowest BCUT2D eigenvalue weighted by molar-refractivity contribution is 0.0983. The Kier molecular flexibility index (Phi) is 4.35. The highest BCUT2D eigenvalue weighted by molar-refractivity contribution is 6.35. The molecule has 0 aromatic carbocycles. The van der Waals surface area contributed by atoms with Crippen molar-refractivity contribution in [3.63, 3.8) is 0 Å². The molecule has 0 aliphatic rings. The Balaban J connectivity index is 2.39. The van der Waals surface area contributed by atoms with E-state index in [1.807, 2.05) is 6.92 Å². The van der Waals surface area contributed by atoms with E-state index in [9.17, 15) is 4.79 Å². The van der Waals surface area contributed by atoms with Crippen LogP contribution in [0.2, 0.25) is 10.2 Å². The quantitative estimate of drug-likeness (QED) is 0.815. The van der Waals surface area contributed by atoms with Gasteiger partial charge in [0.15, 0.2) is 0 Å². The predicted octanol–water partition coefficient (Wildman–Crippen LogP) is 3.45. The van der Waals surface area contributed by atoms with Gasteiger partial charge in [-0.2, -0.15) is 0 Å². The first-order valence-electron chi connectivity index (χ1n) is 5.67. The molecule has 0 atom stereocenters. The molecule has 4 nitrogen and oxygen atoms in total. The molecule has 2 rings (SSSR count). The largest absolute Gasteiger partial charge is 0.307 e. The zero-order valence-corrected chi connectivity index (χ0v) is 11.7. The van der Waals surface area contributed by atoms with Crippen molar-refractivity contribution in [3.05, 3.63) is 52.5 Å². The van der Waals surface area contributed by atoms with Crippen molar-refractivity contribution in [3.8, 4) is 0 Å². The first-order chi connectivity index (χ1) is 9.13. The minimum Gasteiger partial charge on any atom is -0.307 e. The summed E-state index contributed by atoms with van der Waals surface area (Å²) in [5.41, 5.74) is 0.883. The van der Waals surface area contributed by atoms with Crippen LogP contribution in [0.5, 0.6) is 0 Å². The predicted molar refractivity (Wildman–Crippen MR) is 75.8 cm³/mol. The molecule has 0 saturated carbocycles. The molecule has 0 N–H and O–H groups in total. The van der Waals surface area contributed by atoms with Gasteiger partial charge in [0.25, 0.3) is 5.91 Å². The van der Waals surface area contributed by atoms with Crippen LogP contribution >= 0.6 is 23.2 Å². The van der Waals surface area contributed by atoms with Gasteiger partial charge >= 0.3 is 0 Å². The number of aromatic nitrogens is 2. The lowest BCUT2D eigenvalue weighted by Gasteiger charge is -2.20. The maximum Gasteiger partial charge on any atom is 0.278 e. The summed E-state index contributed by atoms with van der Waals surface area (Å²) >= 11 is 11.8. The second kappa shape index (κ2) is 5.99. The average Bonchev–Trinajstić information content (AvgIpc) is 2.43. The third-order valence-corrected chi connectivity index (χ3v) is 3.07. The van der Waals surface area contributed by atoms with Gasteiger partial charge < -0.3 is 4.90 Å². The van der Waals surface area contributed by atoms with Gasteiger partial charge in [-0.1, -0.05) is 23.2 Å². The normalized spacial score (nSPS) is 10.3. The number of anilines is 1. The zero-order chi connectivity index (χ0) is 13.8. The van der Waals surface area contributed by atoms with Gasteiger partial charge in [0.05, 0.1) is 5.02 Å². The van der Waals surface area contributed by atoms with Gasteiger partial charge in [-0.3, -0.25) is 9.78 Å². The summed E-state index contributed by atoms with van der Waals surface area (Å²) in [5, 5.41) is 0.514. The molecule has 1 amide bonds. The van der Waals surface area contributed by atoms with E-state index in [0.717, 1.165) is 5.69 Å². The van der Waals surface area contributed by atoms with Crippen molar-refractivity contribution in [2.24, 2.45) is 0 Å². The summed E-state index contributed by atoms with van der Waals surface area (Å²) in [5.74, 6) is -0.291. The SMILES string of the molecule is CCN(C(=O)c1nc(Cl)ccc1Cl)c1ccncc1. The van der Waals surface area contributed by atoms with Crippen LogP contribution in [0.25, 0.3) is 0 Å². The standard InChI is InChI=1S/C13H11Cl2N3O/c1-2-18(9-5-7-16-8-6-9)13(19)12-10(14)3-4-11(15)17-12/h3-8H,2H2,1H3. The third-order valence-electron chi connectivity index (χ3n) is 2.55. The summed E-state index contributed by atoms with van der Waals surface area (Å²) in [4.78, 5) is 21.9. The topological polar surface area (TPSA) is 46.1 Å². The molecule has 2 aromatic rings. The maximum atomic E-state index is 12.4. The van der Waals surface area contributed by atoms with Gasteiger partial charge in [-0.15, -0.1) is 0 Å². The van der Waals surface area contributed by atoms with Crippen molar-refractivity contribution in [1.29, 1.82) is 0 Å². The van der Waals surface area contributed by atoms with Gasteiger partial charge in [0, 0.05) is 24.6 Å². The van der Waals surface area contributed by atoms with E-state index in [2.05, 4.69) is 9.97 Å². The van der Waals surface area contributed by atoms with E-state index in [4.69, 9.17) is 23.2 Å². The van der Waals surface area contributed by atoms with Crippen molar-refractivity contribution < 1.29 is 4.79 Å². The smallest absolute Gasteiger partial charge is 0.278 e. The molecule has 2 aromatic heterocycles. The minimum atomic E-state index is -0.291. The van der Waals surface area contributed by atoms with Gasteiger partial charge in [-0.25, -0.2) is 4.98 Å². The van der Waals surface area contributed by atoms with Crippen LogP contribution < -0.4 is 4.90 Å². The molecule has 0 aliphatic heterocycles. The number of hydrogen-bond donors (Lipinski definition) is 0. The molecule has 0 radical (unpaired) electrons. The number of carbonyl (C=O) groups is 1. The molecular formula is C13H11Cl2N3O. The van der Waals surface area contributed by atoms with E-state index < -0.39 is 0 Å². The highest BCUT2D eigenvalue weighted by Crippen LogP contribution is 2.21. The highest BCUT2D eigenvalue weighted by atomic mass is 35.5. The Labute approximate surface area is 121 Å². The lowest BCUT2D eigenvalue weighted by atomic mass is 10.2. The van der Waals surface area contributed by atoms with E-state index >= 15 is 0 Å². The molecule has 98 valence electrons. The molecule has 6 heteroatoms. The molecule has 19 heavy (non-hydrogen) atoms. The molecule has 0 aliphatic carbocycles. The number of halogens is 2. The Hall–Kier alpha value is -1.65. The Morgan fingerprint density at radius 2 is 1.89 bits per heavy atom. The van der Waals surface area contributed by atoms with Crippen LogP contribution in [0.15, 0.2) is 36.7 Å². The molecule has 0 fully saturated rings. The van der Waals surface area contributed by atoms with Crippen LogP contribution in [0, 0.1) is 0 Å². The van der Waals surface area contributed by atoms with E-state index in [1.54, 1.807) is 41.6 Å². The number of pyridine rings is 2. The summed E-state index contributed by atoms with van der Waals surface area (Å²) < 4.78 is 0. The fourth-order valence-corrected chi connectivity index (χ4v) is 2.00. The molecule has 0 unspecified atom stereocenters. The van der Waals surface area contributed by atoms with Crippen molar-refractivity contribution >= 4 is 34.8 Å². The fraction of sp³-hybridized carbons (Fsp3) is 0.154. The monoisotopic (exact) mass is 295 g/mol. The maximum absolute atomic E-state index is 12.4. The third kappa shape index (κ3) is 3.03. The molecule has 2 heterocycles.